The maximum atomic E-state index is 8.84. The van der Waals surface area contributed by atoms with Crippen molar-refractivity contribution in [3.63, 3.8) is 0 Å². The summed E-state index contributed by atoms with van der Waals surface area (Å²) in [6.07, 6.45) is 0. The summed E-state index contributed by atoms with van der Waals surface area (Å²) in [4.78, 5) is 0.732. The number of nitrogens with zero attached hydrogens (tertiary/aromatic N) is 2. The zero-order chi connectivity index (χ0) is 12.1. The van der Waals surface area contributed by atoms with Gasteiger partial charge in [0.2, 0.25) is 0 Å². The molecule has 1 aromatic carbocycles. The van der Waals surface area contributed by atoms with Crippen molar-refractivity contribution in [1.29, 1.82) is 10.5 Å². The number of fused-ring (bicyclic) bond motifs is 1. The Bertz CT molecular complexity index is 582. The third-order valence-electron chi connectivity index (χ3n) is 2.17. The molecule has 0 amide bonds. The predicted molar refractivity (Wildman–Crippen MR) is 67.3 cm³/mol. The van der Waals surface area contributed by atoms with E-state index >= 15 is 0 Å². The van der Waals surface area contributed by atoms with Gasteiger partial charge in [0.1, 0.15) is 10.9 Å². The Labute approximate surface area is 99.4 Å². The molecule has 0 saturated carbocycles. The van der Waals surface area contributed by atoms with Crippen molar-refractivity contribution in [2.45, 2.75) is 20.8 Å². The van der Waals surface area contributed by atoms with Crippen LogP contribution in [0.5, 0.6) is 0 Å². The highest BCUT2D eigenvalue weighted by molar-refractivity contribution is 7.19. The van der Waals surface area contributed by atoms with Gasteiger partial charge in [0.05, 0.1) is 11.6 Å². The Hall–Kier alpha value is -1.84. The van der Waals surface area contributed by atoms with Gasteiger partial charge in [-0.15, -0.1) is 11.3 Å². The molecule has 0 aliphatic heterocycles. The number of aryl methyl sites for hydroxylation is 1. The van der Waals surface area contributed by atoms with Crippen LogP contribution in [-0.4, -0.2) is 0 Å². The van der Waals surface area contributed by atoms with Crippen LogP contribution >= 0.6 is 11.3 Å². The average molecular weight is 228 g/mol. The van der Waals surface area contributed by atoms with Crippen molar-refractivity contribution in [1.82, 2.24) is 0 Å². The van der Waals surface area contributed by atoms with Gasteiger partial charge in [0.25, 0.3) is 0 Å². The van der Waals surface area contributed by atoms with Crippen LogP contribution in [0.15, 0.2) is 18.2 Å². The van der Waals surface area contributed by atoms with Gasteiger partial charge in [-0.25, -0.2) is 0 Å². The molecule has 0 radical (unpaired) electrons. The van der Waals surface area contributed by atoms with E-state index in [1.165, 1.54) is 11.3 Å². The number of nitriles is 2. The highest BCUT2D eigenvalue weighted by atomic mass is 32.1. The van der Waals surface area contributed by atoms with Gasteiger partial charge in [-0.3, -0.25) is 0 Å². The van der Waals surface area contributed by atoms with Crippen LogP contribution in [0.1, 0.15) is 29.9 Å². The van der Waals surface area contributed by atoms with E-state index < -0.39 is 0 Å². The molecule has 0 aliphatic rings. The van der Waals surface area contributed by atoms with Gasteiger partial charge in [-0.05, 0) is 30.0 Å². The van der Waals surface area contributed by atoms with E-state index in [-0.39, 0.29) is 0 Å². The van der Waals surface area contributed by atoms with Gasteiger partial charge in [0, 0.05) is 4.70 Å². The summed E-state index contributed by atoms with van der Waals surface area (Å²) < 4.78 is 1.01. The molecule has 2 rings (SSSR count). The molecule has 16 heavy (non-hydrogen) atoms. The second-order valence-corrected chi connectivity index (χ2v) is 4.04. The topological polar surface area (TPSA) is 47.6 Å². The van der Waals surface area contributed by atoms with Gasteiger partial charge in [0.15, 0.2) is 0 Å². The molecule has 0 N–H and O–H groups in total. The molecule has 1 aromatic heterocycles. The molecule has 80 valence electrons. The second kappa shape index (κ2) is 5.30. The molecule has 0 aliphatic carbocycles. The summed E-state index contributed by atoms with van der Waals surface area (Å²) >= 11 is 1.44. The Kier molecular flexibility index (Phi) is 4.05. The molecule has 1 heterocycles. The number of rotatable bonds is 0. The van der Waals surface area contributed by atoms with Crippen LogP contribution in [0, 0.1) is 29.6 Å². The molecule has 0 saturated heterocycles. The van der Waals surface area contributed by atoms with Crippen molar-refractivity contribution in [3.05, 3.63) is 34.2 Å². The van der Waals surface area contributed by atoms with Crippen LogP contribution in [-0.2, 0) is 0 Å². The largest absolute Gasteiger partial charge is 0.192 e. The number of thiophene rings is 1. The first-order valence-corrected chi connectivity index (χ1v) is 5.91. The standard InChI is InChI=1S/C11H6N2S.C2H6/c1-7-9-3-2-8(5-12)4-10(9)14-11(7)6-13;1-2/h2-4H,1H3;1-2H3. The normalized spacial score (nSPS) is 8.81. The van der Waals surface area contributed by atoms with Crippen molar-refractivity contribution in [2.24, 2.45) is 0 Å². The minimum atomic E-state index is 0.642. The summed E-state index contributed by atoms with van der Waals surface area (Å²) in [6, 6.07) is 9.76. The third-order valence-corrected chi connectivity index (χ3v) is 3.33. The summed E-state index contributed by atoms with van der Waals surface area (Å²) in [6.45, 7) is 5.93. The van der Waals surface area contributed by atoms with Crippen LogP contribution in [0.2, 0.25) is 0 Å². The lowest BCUT2D eigenvalue weighted by Gasteiger charge is -1.91. The fourth-order valence-electron chi connectivity index (χ4n) is 1.40. The zero-order valence-electron chi connectivity index (χ0n) is 9.53. The fourth-order valence-corrected chi connectivity index (χ4v) is 2.45. The van der Waals surface area contributed by atoms with Crippen LogP contribution in [0.25, 0.3) is 10.1 Å². The van der Waals surface area contributed by atoms with Gasteiger partial charge < -0.3 is 0 Å². The summed E-state index contributed by atoms with van der Waals surface area (Å²) in [5, 5.41) is 18.6. The lowest BCUT2D eigenvalue weighted by Crippen LogP contribution is -1.73. The second-order valence-electron chi connectivity index (χ2n) is 2.99. The first-order chi connectivity index (χ1) is 7.76. The van der Waals surface area contributed by atoms with Crippen molar-refractivity contribution in [2.75, 3.05) is 0 Å². The summed E-state index contributed by atoms with van der Waals surface area (Å²) in [5.74, 6) is 0. The highest BCUT2D eigenvalue weighted by Gasteiger charge is 2.07. The maximum Gasteiger partial charge on any atom is 0.110 e. The molecular formula is C13H12N2S. The van der Waals surface area contributed by atoms with E-state index in [0.29, 0.717) is 5.56 Å². The molecule has 2 aromatic rings. The first-order valence-electron chi connectivity index (χ1n) is 5.09. The lowest BCUT2D eigenvalue weighted by molar-refractivity contribution is 1.48. The first kappa shape index (κ1) is 12.2. The van der Waals surface area contributed by atoms with Crippen LogP contribution in [0.3, 0.4) is 0 Å². The highest BCUT2D eigenvalue weighted by Crippen LogP contribution is 2.30. The molecule has 0 unspecified atom stereocenters. The number of benzene rings is 1. The lowest BCUT2D eigenvalue weighted by atomic mass is 10.1. The predicted octanol–water partition coefficient (Wildman–Crippen LogP) is 3.98. The Balaban J connectivity index is 0.000000606. The van der Waals surface area contributed by atoms with Crippen molar-refractivity contribution >= 4 is 21.4 Å². The van der Waals surface area contributed by atoms with E-state index in [1.807, 2.05) is 32.9 Å². The minimum Gasteiger partial charge on any atom is -0.192 e. The van der Waals surface area contributed by atoms with Gasteiger partial charge in [-0.1, -0.05) is 19.9 Å². The van der Waals surface area contributed by atoms with E-state index in [9.17, 15) is 0 Å². The monoisotopic (exact) mass is 228 g/mol. The SMILES string of the molecule is CC.Cc1c(C#N)sc2cc(C#N)ccc12. The molecule has 0 fully saturated rings. The minimum absolute atomic E-state index is 0.642. The fraction of sp³-hybridized carbons (Fsp3) is 0.231. The number of hydrogen-bond donors (Lipinski definition) is 0. The van der Waals surface area contributed by atoms with Crippen LogP contribution < -0.4 is 0 Å². The quantitative estimate of drug-likeness (QED) is 0.684. The smallest absolute Gasteiger partial charge is 0.110 e. The van der Waals surface area contributed by atoms with Crippen molar-refractivity contribution in [3.8, 4) is 12.1 Å². The van der Waals surface area contributed by atoms with E-state index in [2.05, 4.69) is 12.1 Å². The zero-order valence-corrected chi connectivity index (χ0v) is 10.4. The Morgan fingerprint density at radius 1 is 1.12 bits per heavy atom. The molecule has 0 atom stereocenters. The van der Waals surface area contributed by atoms with Crippen molar-refractivity contribution < 1.29 is 0 Å². The van der Waals surface area contributed by atoms with Gasteiger partial charge in [-0.2, -0.15) is 10.5 Å². The molecule has 0 spiro atoms. The molecule has 0 bridgehead atoms. The van der Waals surface area contributed by atoms with E-state index in [4.69, 9.17) is 10.5 Å². The number of hydrogen-bond acceptors (Lipinski definition) is 3. The molecule has 3 heteroatoms. The van der Waals surface area contributed by atoms with Crippen LogP contribution in [0.4, 0.5) is 0 Å². The summed E-state index contributed by atoms with van der Waals surface area (Å²) in [7, 11) is 0. The van der Waals surface area contributed by atoms with E-state index in [1.54, 1.807) is 6.07 Å². The molecular weight excluding hydrogens is 216 g/mol. The van der Waals surface area contributed by atoms with Gasteiger partial charge >= 0.3 is 0 Å². The average Bonchev–Trinajstić information content (AvgIpc) is 2.68. The Morgan fingerprint density at radius 2 is 1.81 bits per heavy atom. The maximum absolute atomic E-state index is 8.84. The van der Waals surface area contributed by atoms with E-state index in [0.717, 1.165) is 20.5 Å². The summed E-state index contributed by atoms with van der Waals surface area (Å²) in [5.41, 5.74) is 1.65. The molecule has 2 nitrogen and oxygen atoms in total. The third kappa shape index (κ3) is 2.05. The Morgan fingerprint density at radius 3 is 2.38 bits per heavy atom.